The quantitative estimate of drug-likeness (QED) is 0.159. The molecule has 0 radical (unpaired) electrons. The average Bonchev–Trinajstić information content (AvgIpc) is 3.44. The normalized spacial score (nSPS) is 11.6. The first-order chi connectivity index (χ1) is 19.8. The predicted octanol–water partition coefficient (Wildman–Crippen LogP) is 5.54. The van der Waals surface area contributed by atoms with Gasteiger partial charge in [0.2, 0.25) is 5.43 Å². The molecule has 0 aliphatic carbocycles. The van der Waals surface area contributed by atoms with Crippen LogP contribution in [0.2, 0.25) is 0 Å². The van der Waals surface area contributed by atoms with Crippen molar-refractivity contribution >= 4 is 39.9 Å². The molecule has 0 bridgehead atoms. The Labute approximate surface area is 233 Å². The highest BCUT2D eigenvalue weighted by Gasteiger charge is 2.24. The Balaban J connectivity index is 0.000000334. The third kappa shape index (κ3) is 7.10. The fraction of sp³-hybridized carbons (Fsp3) is 0.241. The SMILES string of the molecule is CCC(Nc1ncnc2nc[nH]c12)c1oc2ccccc2c(=O)c1-c1cccc(F)c1.O=C(O)CCCCC(=O)O. The van der Waals surface area contributed by atoms with Gasteiger partial charge in [0.05, 0.1) is 23.3 Å². The first-order valence-electron chi connectivity index (χ1n) is 12.9. The summed E-state index contributed by atoms with van der Waals surface area (Å²) in [6.07, 6.45) is 4.56. The number of carbonyl (C=O) groups is 2. The van der Waals surface area contributed by atoms with Crippen molar-refractivity contribution in [2.24, 2.45) is 0 Å². The van der Waals surface area contributed by atoms with Gasteiger partial charge in [0.1, 0.15) is 29.0 Å². The van der Waals surface area contributed by atoms with E-state index in [1.165, 1.54) is 18.5 Å². The third-order valence-corrected chi connectivity index (χ3v) is 6.23. The van der Waals surface area contributed by atoms with Crippen LogP contribution in [0, 0.1) is 5.82 Å². The fourth-order valence-electron chi connectivity index (χ4n) is 4.27. The molecule has 0 saturated carbocycles. The van der Waals surface area contributed by atoms with Gasteiger partial charge in [0.25, 0.3) is 0 Å². The minimum Gasteiger partial charge on any atom is -0.481 e. The van der Waals surface area contributed by atoms with E-state index in [0.717, 1.165) is 0 Å². The van der Waals surface area contributed by atoms with E-state index in [1.807, 2.05) is 13.0 Å². The predicted molar refractivity (Wildman–Crippen MR) is 150 cm³/mol. The van der Waals surface area contributed by atoms with Crippen molar-refractivity contribution in [3.8, 4) is 11.1 Å². The highest BCUT2D eigenvalue weighted by atomic mass is 19.1. The summed E-state index contributed by atoms with van der Waals surface area (Å²) < 4.78 is 20.3. The molecule has 212 valence electrons. The topological polar surface area (TPSA) is 171 Å². The minimum atomic E-state index is -0.870. The molecule has 0 aliphatic heterocycles. The zero-order valence-electron chi connectivity index (χ0n) is 22.1. The summed E-state index contributed by atoms with van der Waals surface area (Å²) in [6.45, 7) is 1.97. The van der Waals surface area contributed by atoms with E-state index in [-0.39, 0.29) is 18.3 Å². The Kier molecular flexibility index (Phi) is 9.35. The zero-order chi connectivity index (χ0) is 29.4. The lowest BCUT2D eigenvalue weighted by Gasteiger charge is -2.20. The van der Waals surface area contributed by atoms with Crippen molar-refractivity contribution in [3.63, 3.8) is 0 Å². The van der Waals surface area contributed by atoms with Crippen molar-refractivity contribution in [1.29, 1.82) is 0 Å². The Hall–Kier alpha value is -5.13. The molecule has 1 atom stereocenters. The smallest absolute Gasteiger partial charge is 0.303 e. The molecule has 3 heterocycles. The number of H-pyrrole nitrogens is 1. The highest BCUT2D eigenvalue weighted by molar-refractivity contribution is 5.84. The first kappa shape index (κ1) is 28.9. The van der Waals surface area contributed by atoms with E-state index in [9.17, 15) is 18.8 Å². The largest absolute Gasteiger partial charge is 0.481 e. The number of hydrogen-bond donors (Lipinski definition) is 4. The summed E-state index contributed by atoms with van der Waals surface area (Å²) in [5.74, 6) is -1.21. The number of unbranched alkanes of at least 4 members (excludes halogenated alkanes) is 1. The maximum atomic E-state index is 14.0. The second kappa shape index (κ2) is 13.3. The third-order valence-electron chi connectivity index (χ3n) is 6.23. The maximum absolute atomic E-state index is 14.0. The number of nitrogens with one attached hydrogen (secondary N) is 2. The van der Waals surface area contributed by atoms with Crippen LogP contribution < -0.4 is 10.7 Å². The van der Waals surface area contributed by atoms with Gasteiger partial charge in [-0.05, 0) is 49.1 Å². The molecular weight excluding hydrogens is 533 g/mol. The van der Waals surface area contributed by atoms with E-state index in [0.29, 0.717) is 64.1 Å². The van der Waals surface area contributed by atoms with Gasteiger partial charge in [0.15, 0.2) is 11.5 Å². The molecule has 5 rings (SSSR count). The molecule has 4 N–H and O–H groups in total. The monoisotopic (exact) mass is 561 g/mol. The number of benzene rings is 2. The van der Waals surface area contributed by atoms with Gasteiger partial charge in [0, 0.05) is 12.8 Å². The summed E-state index contributed by atoms with van der Waals surface area (Å²) in [5, 5.41) is 20.0. The molecule has 41 heavy (non-hydrogen) atoms. The molecule has 0 spiro atoms. The van der Waals surface area contributed by atoms with Gasteiger partial charge in [-0.2, -0.15) is 0 Å². The van der Waals surface area contributed by atoms with E-state index < -0.39 is 23.8 Å². The van der Waals surface area contributed by atoms with Gasteiger partial charge < -0.3 is 24.9 Å². The first-order valence-corrected chi connectivity index (χ1v) is 12.9. The molecule has 12 heteroatoms. The molecule has 0 fully saturated rings. The van der Waals surface area contributed by atoms with E-state index in [1.54, 1.807) is 36.7 Å². The molecule has 0 saturated heterocycles. The number of imidazole rings is 1. The van der Waals surface area contributed by atoms with Crippen molar-refractivity contribution in [3.05, 3.63) is 83.0 Å². The summed E-state index contributed by atoms with van der Waals surface area (Å²) in [6, 6.07) is 12.6. The average molecular weight is 562 g/mol. The van der Waals surface area contributed by atoms with E-state index >= 15 is 0 Å². The lowest BCUT2D eigenvalue weighted by Crippen LogP contribution is -2.17. The maximum Gasteiger partial charge on any atom is 0.303 e. The Morgan fingerprint density at radius 3 is 2.44 bits per heavy atom. The fourth-order valence-corrected chi connectivity index (χ4v) is 4.27. The van der Waals surface area contributed by atoms with Crippen LogP contribution in [0.15, 0.2) is 70.4 Å². The molecule has 0 aliphatic rings. The van der Waals surface area contributed by atoms with Gasteiger partial charge in [-0.25, -0.2) is 19.3 Å². The number of aliphatic carboxylic acids is 2. The Morgan fingerprint density at radius 2 is 1.76 bits per heavy atom. The standard InChI is InChI=1S/C23H18FN5O2.C6H10O4/c1-2-16(29-23-19-22(26-11-25-19)27-12-28-23)21-18(13-6-5-7-14(24)10-13)20(30)15-8-3-4-9-17(15)31-21;7-5(8)3-1-2-4-6(9)10/h3-12,16H,2H2,1H3,(H2,25,26,27,28,29);1-4H2,(H,7,8)(H,9,10). The molecule has 2 aromatic carbocycles. The van der Waals surface area contributed by atoms with Gasteiger partial charge >= 0.3 is 11.9 Å². The number of rotatable bonds is 10. The van der Waals surface area contributed by atoms with Crippen molar-refractivity contribution in [2.45, 2.75) is 45.1 Å². The van der Waals surface area contributed by atoms with Crippen LogP contribution >= 0.6 is 0 Å². The van der Waals surface area contributed by atoms with Crippen LogP contribution in [0.4, 0.5) is 10.2 Å². The van der Waals surface area contributed by atoms with E-state index in [4.69, 9.17) is 14.6 Å². The number of carboxylic acids is 2. The van der Waals surface area contributed by atoms with E-state index in [2.05, 4.69) is 25.3 Å². The summed E-state index contributed by atoms with van der Waals surface area (Å²) in [5.41, 5.74) is 2.22. The molecule has 11 nitrogen and oxygen atoms in total. The number of hydrogen-bond acceptors (Lipinski definition) is 8. The van der Waals surface area contributed by atoms with Crippen LogP contribution in [0.1, 0.15) is 50.8 Å². The van der Waals surface area contributed by atoms with Crippen LogP contribution in [0.3, 0.4) is 0 Å². The Morgan fingerprint density at radius 1 is 1.02 bits per heavy atom. The number of halogens is 1. The second-order valence-corrected chi connectivity index (χ2v) is 9.10. The number of para-hydroxylation sites is 1. The minimum absolute atomic E-state index is 0.0628. The molecule has 1 unspecified atom stereocenters. The van der Waals surface area contributed by atoms with Crippen LogP contribution in [0.25, 0.3) is 33.3 Å². The van der Waals surface area contributed by atoms with Crippen molar-refractivity contribution in [1.82, 2.24) is 19.9 Å². The van der Waals surface area contributed by atoms with Gasteiger partial charge in [-0.1, -0.05) is 31.2 Å². The van der Waals surface area contributed by atoms with Gasteiger partial charge in [-0.15, -0.1) is 0 Å². The lowest BCUT2D eigenvalue weighted by molar-refractivity contribution is -0.139. The lowest BCUT2D eigenvalue weighted by atomic mass is 9.97. The number of anilines is 1. The van der Waals surface area contributed by atoms with Crippen LogP contribution in [0.5, 0.6) is 0 Å². The number of carboxylic acid groups (broad SMARTS) is 2. The molecule has 0 amide bonds. The molecular formula is C29H28FN5O6. The Bertz CT molecular complexity index is 1720. The van der Waals surface area contributed by atoms with Crippen LogP contribution in [-0.2, 0) is 9.59 Å². The second-order valence-electron chi connectivity index (χ2n) is 9.10. The summed E-state index contributed by atoms with van der Waals surface area (Å²) >= 11 is 0. The summed E-state index contributed by atoms with van der Waals surface area (Å²) in [7, 11) is 0. The zero-order valence-corrected chi connectivity index (χ0v) is 22.1. The number of aromatic amines is 1. The number of nitrogens with zero attached hydrogens (tertiary/aromatic N) is 3. The summed E-state index contributed by atoms with van der Waals surface area (Å²) in [4.78, 5) is 48.9. The number of aromatic nitrogens is 4. The molecule has 3 aromatic heterocycles. The highest BCUT2D eigenvalue weighted by Crippen LogP contribution is 2.33. The van der Waals surface area contributed by atoms with Crippen LogP contribution in [-0.4, -0.2) is 42.1 Å². The van der Waals surface area contributed by atoms with Crippen molar-refractivity contribution < 1.29 is 28.6 Å². The van der Waals surface area contributed by atoms with Gasteiger partial charge in [-0.3, -0.25) is 14.4 Å². The molecule has 5 aromatic rings. The number of fused-ring (bicyclic) bond motifs is 2. The van der Waals surface area contributed by atoms with Crippen molar-refractivity contribution in [2.75, 3.05) is 5.32 Å².